The van der Waals surface area contributed by atoms with Crippen molar-refractivity contribution in [2.45, 2.75) is 76.7 Å². The summed E-state index contributed by atoms with van der Waals surface area (Å²) in [5, 5.41) is 0. The Morgan fingerprint density at radius 2 is 1.91 bits per heavy atom. The molecule has 0 spiro atoms. The minimum atomic E-state index is -0.460. The van der Waals surface area contributed by atoms with Crippen molar-refractivity contribution >= 4 is 6.09 Å². The SMILES string of the molecule is CC(C)(C)OC(=O)N1[C@@H]2CCC[C@H]1CC(Oc1cnccn1)C2. The van der Waals surface area contributed by atoms with Crippen LogP contribution in [0.5, 0.6) is 5.88 Å². The van der Waals surface area contributed by atoms with E-state index in [9.17, 15) is 4.79 Å². The standard InChI is InChI=1S/C17H25N3O3/c1-17(2,3)23-16(21)20-12-5-4-6-13(20)10-14(9-12)22-15-11-18-7-8-19-15/h7-8,11-14H,4-6,9-10H2,1-3H3/t12-,13+,14?. The second-order valence-electron chi connectivity index (χ2n) is 7.38. The lowest BCUT2D eigenvalue weighted by Crippen LogP contribution is -2.57. The second-order valence-corrected chi connectivity index (χ2v) is 7.38. The first-order valence-electron chi connectivity index (χ1n) is 8.36. The molecule has 0 N–H and O–H groups in total. The molecule has 2 aliphatic rings. The number of hydrogen-bond donors (Lipinski definition) is 0. The van der Waals surface area contributed by atoms with Crippen molar-refractivity contribution in [3.63, 3.8) is 0 Å². The third-order valence-corrected chi connectivity index (χ3v) is 4.36. The van der Waals surface area contributed by atoms with Crippen molar-refractivity contribution in [1.82, 2.24) is 14.9 Å². The van der Waals surface area contributed by atoms with Gasteiger partial charge in [-0.25, -0.2) is 9.78 Å². The average Bonchev–Trinajstić information content (AvgIpc) is 2.45. The first kappa shape index (κ1) is 16.0. The van der Waals surface area contributed by atoms with Gasteiger partial charge in [0.25, 0.3) is 0 Å². The van der Waals surface area contributed by atoms with Crippen molar-refractivity contribution in [2.75, 3.05) is 0 Å². The molecule has 2 aliphatic heterocycles. The summed E-state index contributed by atoms with van der Waals surface area (Å²) in [6.45, 7) is 5.72. The zero-order valence-electron chi connectivity index (χ0n) is 14.1. The van der Waals surface area contributed by atoms with Gasteiger partial charge < -0.3 is 14.4 Å². The predicted molar refractivity (Wildman–Crippen MR) is 85.2 cm³/mol. The number of hydrogen-bond acceptors (Lipinski definition) is 5. The Kier molecular flexibility index (Phi) is 4.41. The van der Waals surface area contributed by atoms with Crippen molar-refractivity contribution in [3.8, 4) is 5.88 Å². The summed E-state index contributed by atoms with van der Waals surface area (Å²) in [7, 11) is 0. The van der Waals surface area contributed by atoms with Gasteiger partial charge in [-0.1, -0.05) is 0 Å². The highest BCUT2D eigenvalue weighted by Crippen LogP contribution is 2.36. The molecule has 6 heteroatoms. The van der Waals surface area contributed by atoms with E-state index in [0.29, 0.717) is 5.88 Å². The maximum Gasteiger partial charge on any atom is 0.410 e. The fourth-order valence-electron chi connectivity index (χ4n) is 3.56. The normalized spacial score (nSPS) is 27.4. The Labute approximate surface area is 137 Å². The number of piperidine rings is 2. The van der Waals surface area contributed by atoms with E-state index >= 15 is 0 Å². The average molecular weight is 319 g/mol. The van der Waals surface area contributed by atoms with Crippen LogP contribution in [0.25, 0.3) is 0 Å². The molecule has 0 saturated carbocycles. The summed E-state index contributed by atoms with van der Waals surface area (Å²) >= 11 is 0. The van der Waals surface area contributed by atoms with Gasteiger partial charge >= 0.3 is 6.09 Å². The summed E-state index contributed by atoms with van der Waals surface area (Å²) in [4.78, 5) is 22.7. The maximum atomic E-state index is 12.5. The predicted octanol–water partition coefficient (Wildman–Crippen LogP) is 3.18. The van der Waals surface area contributed by atoms with Gasteiger partial charge in [0.15, 0.2) is 0 Å². The Morgan fingerprint density at radius 3 is 2.48 bits per heavy atom. The highest BCUT2D eigenvalue weighted by Gasteiger charge is 2.43. The fourth-order valence-corrected chi connectivity index (χ4v) is 3.56. The minimum Gasteiger partial charge on any atom is -0.473 e. The number of nitrogens with zero attached hydrogens (tertiary/aromatic N) is 3. The van der Waals surface area contributed by atoms with Crippen LogP contribution in [0.15, 0.2) is 18.6 Å². The van der Waals surface area contributed by atoms with Crippen LogP contribution in [0.2, 0.25) is 0 Å². The van der Waals surface area contributed by atoms with Gasteiger partial charge in [0.05, 0.1) is 6.20 Å². The quantitative estimate of drug-likeness (QED) is 0.837. The number of ether oxygens (including phenoxy) is 2. The summed E-state index contributed by atoms with van der Waals surface area (Å²) in [5.74, 6) is 0.557. The van der Waals surface area contributed by atoms with Crippen molar-refractivity contribution in [3.05, 3.63) is 18.6 Å². The van der Waals surface area contributed by atoms with Crippen LogP contribution < -0.4 is 4.74 Å². The molecule has 126 valence electrons. The summed E-state index contributed by atoms with van der Waals surface area (Å²) in [5.41, 5.74) is -0.460. The Morgan fingerprint density at radius 1 is 1.22 bits per heavy atom. The molecule has 2 fully saturated rings. The lowest BCUT2D eigenvalue weighted by Gasteiger charge is -2.48. The number of carbonyl (C=O) groups excluding carboxylic acids is 1. The molecular weight excluding hydrogens is 294 g/mol. The zero-order chi connectivity index (χ0) is 16.4. The number of amides is 1. The van der Waals surface area contributed by atoms with Crippen LogP contribution in [0, 0.1) is 0 Å². The topological polar surface area (TPSA) is 64.5 Å². The molecule has 3 rings (SSSR count). The molecule has 1 aromatic heterocycles. The highest BCUT2D eigenvalue weighted by molar-refractivity contribution is 5.69. The van der Waals surface area contributed by atoms with Gasteiger partial charge in [-0.2, -0.15) is 0 Å². The Balaban J connectivity index is 1.67. The lowest BCUT2D eigenvalue weighted by molar-refractivity contribution is -0.0412. The van der Waals surface area contributed by atoms with Crippen LogP contribution in [0.4, 0.5) is 4.79 Å². The van der Waals surface area contributed by atoms with Gasteiger partial charge in [0, 0.05) is 37.3 Å². The smallest absolute Gasteiger partial charge is 0.410 e. The van der Waals surface area contributed by atoms with Crippen LogP contribution >= 0.6 is 0 Å². The second kappa shape index (κ2) is 6.34. The number of carbonyl (C=O) groups is 1. The third kappa shape index (κ3) is 3.92. The molecule has 3 atom stereocenters. The fraction of sp³-hybridized carbons (Fsp3) is 0.706. The maximum absolute atomic E-state index is 12.5. The van der Waals surface area contributed by atoms with Gasteiger partial charge in [-0.05, 0) is 40.0 Å². The minimum absolute atomic E-state index is 0.0840. The van der Waals surface area contributed by atoms with Gasteiger partial charge in [0.2, 0.25) is 5.88 Å². The molecule has 0 aromatic carbocycles. The van der Waals surface area contributed by atoms with E-state index in [-0.39, 0.29) is 24.3 Å². The van der Waals surface area contributed by atoms with Crippen LogP contribution in [-0.2, 0) is 4.74 Å². The number of fused-ring (bicyclic) bond motifs is 2. The summed E-state index contributed by atoms with van der Waals surface area (Å²) in [6, 6.07) is 0.387. The first-order valence-corrected chi connectivity index (χ1v) is 8.36. The Bertz CT molecular complexity index is 530. The largest absolute Gasteiger partial charge is 0.473 e. The zero-order valence-corrected chi connectivity index (χ0v) is 14.1. The van der Waals surface area contributed by atoms with E-state index in [2.05, 4.69) is 9.97 Å². The molecule has 2 saturated heterocycles. The number of aromatic nitrogens is 2. The van der Waals surface area contributed by atoms with Gasteiger partial charge in [0.1, 0.15) is 11.7 Å². The molecular formula is C17H25N3O3. The van der Waals surface area contributed by atoms with E-state index < -0.39 is 5.60 Å². The molecule has 6 nitrogen and oxygen atoms in total. The molecule has 0 radical (unpaired) electrons. The number of rotatable bonds is 2. The third-order valence-electron chi connectivity index (χ3n) is 4.36. The molecule has 1 amide bonds. The molecule has 3 heterocycles. The molecule has 2 bridgehead atoms. The van der Waals surface area contributed by atoms with Crippen molar-refractivity contribution in [2.24, 2.45) is 0 Å². The van der Waals surface area contributed by atoms with E-state index in [4.69, 9.17) is 9.47 Å². The first-order chi connectivity index (χ1) is 10.9. The van der Waals surface area contributed by atoms with Crippen molar-refractivity contribution < 1.29 is 14.3 Å². The molecule has 23 heavy (non-hydrogen) atoms. The van der Waals surface area contributed by atoms with Crippen LogP contribution in [0.1, 0.15) is 52.9 Å². The van der Waals surface area contributed by atoms with E-state index in [0.717, 1.165) is 32.1 Å². The highest BCUT2D eigenvalue weighted by atomic mass is 16.6. The van der Waals surface area contributed by atoms with E-state index in [1.165, 1.54) is 0 Å². The Hall–Kier alpha value is -1.85. The molecule has 1 aromatic rings. The van der Waals surface area contributed by atoms with Crippen molar-refractivity contribution in [1.29, 1.82) is 0 Å². The lowest BCUT2D eigenvalue weighted by atomic mass is 9.83. The van der Waals surface area contributed by atoms with E-state index in [1.54, 1.807) is 18.6 Å². The van der Waals surface area contributed by atoms with Crippen LogP contribution in [-0.4, -0.2) is 44.7 Å². The van der Waals surface area contributed by atoms with E-state index in [1.807, 2.05) is 25.7 Å². The monoisotopic (exact) mass is 319 g/mol. The van der Waals surface area contributed by atoms with Gasteiger partial charge in [-0.15, -0.1) is 0 Å². The van der Waals surface area contributed by atoms with Gasteiger partial charge in [-0.3, -0.25) is 4.98 Å². The molecule has 1 unspecified atom stereocenters. The molecule has 0 aliphatic carbocycles. The van der Waals surface area contributed by atoms with Crippen LogP contribution in [0.3, 0.4) is 0 Å². The summed E-state index contributed by atoms with van der Waals surface area (Å²) < 4.78 is 11.6. The summed E-state index contributed by atoms with van der Waals surface area (Å²) in [6.07, 6.45) is 9.62.